The molecule has 0 radical (unpaired) electrons. The lowest BCUT2D eigenvalue weighted by Gasteiger charge is -2.18. The van der Waals surface area contributed by atoms with Crippen LogP contribution < -0.4 is 5.73 Å². The van der Waals surface area contributed by atoms with E-state index in [0.717, 1.165) is 11.1 Å². The monoisotopic (exact) mass is 535 g/mol. The van der Waals surface area contributed by atoms with E-state index < -0.39 is 0 Å². The molecule has 0 aromatic heterocycles. The Balaban J connectivity index is 1.38. The van der Waals surface area contributed by atoms with E-state index in [4.69, 9.17) is 5.73 Å². The number of fused-ring (bicyclic) bond motifs is 7. The van der Waals surface area contributed by atoms with Gasteiger partial charge in [0.1, 0.15) is 0 Å². The van der Waals surface area contributed by atoms with Gasteiger partial charge in [-0.3, -0.25) is 0 Å². The molecule has 0 saturated heterocycles. The van der Waals surface area contributed by atoms with Crippen molar-refractivity contribution in [2.75, 3.05) is 0 Å². The number of benzene rings is 8. The van der Waals surface area contributed by atoms with Gasteiger partial charge in [0.15, 0.2) is 0 Å². The van der Waals surface area contributed by atoms with E-state index in [-0.39, 0.29) is 6.04 Å². The zero-order chi connectivity index (χ0) is 28.0. The minimum Gasteiger partial charge on any atom is -0.320 e. The smallest absolute Gasteiger partial charge is 0.0551 e. The summed E-state index contributed by atoms with van der Waals surface area (Å²) in [6.45, 7) is 0. The van der Waals surface area contributed by atoms with Gasteiger partial charge in [-0.2, -0.15) is 0 Å². The number of nitrogens with two attached hydrogens (primary N) is 1. The Bertz CT molecular complexity index is 2230. The first-order chi connectivity index (χ1) is 20.8. The van der Waals surface area contributed by atoms with Crippen LogP contribution in [0.1, 0.15) is 17.2 Å². The average molecular weight is 536 g/mol. The van der Waals surface area contributed by atoms with E-state index >= 15 is 0 Å². The van der Waals surface area contributed by atoms with Crippen molar-refractivity contribution in [1.82, 2.24) is 0 Å². The van der Waals surface area contributed by atoms with Gasteiger partial charge in [0, 0.05) is 0 Å². The Kier molecular flexibility index (Phi) is 5.84. The Labute approximate surface area is 245 Å². The molecule has 8 aromatic rings. The van der Waals surface area contributed by atoms with Crippen LogP contribution >= 0.6 is 0 Å². The third-order valence-corrected chi connectivity index (χ3v) is 8.68. The summed E-state index contributed by atoms with van der Waals surface area (Å²) >= 11 is 0. The van der Waals surface area contributed by atoms with Gasteiger partial charge in [-0.25, -0.2) is 0 Å². The summed E-state index contributed by atoms with van der Waals surface area (Å²) in [5.41, 5.74) is 13.8. The molecular weight excluding hydrogens is 506 g/mol. The van der Waals surface area contributed by atoms with E-state index in [0.29, 0.717) is 0 Å². The Morgan fingerprint density at radius 2 is 0.929 bits per heavy atom. The van der Waals surface area contributed by atoms with Crippen molar-refractivity contribution in [3.8, 4) is 22.3 Å². The molecule has 0 aliphatic heterocycles. The van der Waals surface area contributed by atoms with E-state index in [9.17, 15) is 0 Å². The molecule has 1 unspecified atom stereocenters. The molecule has 0 saturated carbocycles. The molecule has 1 nitrogen and oxygen atoms in total. The zero-order valence-corrected chi connectivity index (χ0v) is 23.2. The topological polar surface area (TPSA) is 26.0 Å². The van der Waals surface area contributed by atoms with Gasteiger partial charge in [0.25, 0.3) is 0 Å². The van der Waals surface area contributed by atoms with E-state index in [1.165, 1.54) is 65.3 Å². The third-order valence-electron chi connectivity index (χ3n) is 8.68. The second-order valence-electron chi connectivity index (χ2n) is 11.1. The average Bonchev–Trinajstić information content (AvgIpc) is 3.08. The summed E-state index contributed by atoms with van der Waals surface area (Å²) < 4.78 is 0. The second kappa shape index (κ2) is 9.99. The molecule has 0 bridgehead atoms. The summed E-state index contributed by atoms with van der Waals surface area (Å²) in [6.07, 6.45) is 0. The highest BCUT2D eigenvalue weighted by molar-refractivity contribution is 6.26. The first kappa shape index (κ1) is 24.5. The molecule has 0 aliphatic rings. The fraction of sp³-hybridized carbons (Fsp3) is 0.0244. The second-order valence-corrected chi connectivity index (χ2v) is 11.1. The predicted molar refractivity (Wildman–Crippen MR) is 180 cm³/mol. The van der Waals surface area contributed by atoms with Crippen LogP contribution in [0.4, 0.5) is 0 Å². The van der Waals surface area contributed by atoms with Crippen LogP contribution in [0.3, 0.4) is 0 Å². The van der Waals surface area contributed by atoms with Crippen molar-refractivity contribution in [3.63, 3.8) is 0 Å². The van der Waals surface area contributed by atoms with Crippen molar-refractivity contribution >= 4 is 43.1 Å². The molecule has 8 rings (SSSR count). The van der Waals surface area contributed by atoms with Gasteiger partial charge in [-0.05, 0) is 88.6 Å². The van der Waals surface area contributed by atoms with E-state index in [1.807, 2.05) is 6.07 Å². The Morgan fingerprint density at radius 1 is 0.357 bits per heavy atom. The minimum atomic E-state index is -0.190. The quantitative estimate of drug-likeness (QED) is 0.223. The number of rotatable bonds is 4. The molecule has 0 fully saturated rings. The lowest BCUT2D eigenvalue weighted by molar-refractivity contribution is 0.872. The summed E-state index contributed by atoms with van der Waals surface area (Å²) in [6, 6.07) is 56.6. The van der Waals surface area contributed by atoms with Crippen molar-refractivity contribution in [2.24, 2.45) is 5.73 Å². The minimum absolute atomic E-state index is 0.190. The molecule has 42 heavy (non-hydrogen) atoms. The molecule has 0 spiro atoms. The van der Waals surface area contributed by atoms with Crippen LogP contribution in [0.5, 0.6) is 0 Å². The number of hydrogen-bond donors (Lipinski definition) is 1. The fourth-order valence-electron chi connectivity index (χ4n) is 6.64. The van der Waals surface area contributed by atoms with Crippen molar-refractivity contribution in [2.45, 2.75) is 6.04 Å². The van der Waals surface area contributed by atoms with Gasteiger partial charge in [-0.1, -0.05) is 146 Å². The molecule has 198 valence electrons. The first-order valence-electron chi connectivity index (χ1n) is 14.5. The highest BCUT2D eigenvalue weighted by Gasteiger charge is 2.16. The summed E-state index contributed by atoms with van der Waals surface area (Å²) in [4.78, 5) is 0. The van der Waals surface area contributed by atoms with Crippen LogP contribution in [0, 0.1) is 0 Å². The standard InChI is InChI=1S/C41H29N/c42-41(28-12-2-1-3-13-28)31-15-10-14-30(25-31)40-32-16-5-4-11-27(32)21-23-33(40)29-22-24-38-36-19-7-6-17-34(36)35-18-8-9-20-37(35)39(38)26-29/h1-26,41H,42H2. The van der Waals surface area contributed by atoms with Crippen molar-refractivity contribution in [3.05, 3.63) is 169 Å². The highest BCUT2D eigenvalue weighted by atomic mass is 14.6. The summed E-state index contributed by atoms with van der Waals surface area (Å²) in [7, 11) is 0. The molecule has 1 heteroatoms. The van der Waals surface area contributed by atoms with Gasteiger partial charge in [0.05, 0.1) is 6.04 Å². The molecule has 2 N–H and O–H groups in total. The first-order valence-corrected chi connectivity index (χ1v) is 14.5. The number of hydrogen-bond acceptors (Lipinski definition) is 1. The van der Waals surface area contributed by atoms with Crippen molar-refractivity contribution in [1.29, 1.82) is 0 Å². The summed E-state index contributed by atoms with van der Waals surface area (Å²) in [5, 5.41) is 10.2. The fourth-order valence-corrected chi connectivity index (χ4v) is 6.64. The SMILES string of the molecule is NC(c1ccccc1)c1cccc(-c2c(-c3ccc4c5ccccc5c5ccccc5c4c3)ccc3ccccc23)c1. The highest BCUT2D eigenvalue weighted by Crippen LogP contribution is 2.42. The lowest BCUT2D eigenvalue weighted by Crippen LogP contribution is -2.11. The molecule has 0 amide bonds. The molecule has 1 atom stereocenters. The Morgan fingerprint density at radius 3 is 1.64 bits per heavy atom. The molecular formula is C41H29N. The maximum absolute atomic E-state index is 6.79. The van der Waals surface area contributed by atoms with Crippen LogP contribution in [0.2, 0.25) is 0 Å². The zero-order valence-electron chi connectivity index (χ0n) is 23.2. The van der Waals surface area contributed by atoms with Crippen LogP contribution in [-0.4, -0.2) is 0 Å². The van der Waals surface area contributed by atoms with Crippen LogP contribution in [0.15, 0.2) is 158 Å². The van der Waals surface area contributed by atoms with Gasteiger partial charge >= 0.3 is 0 Å². The Hall–Kier alpha value is -5.24. The lowest BCUT2D eigenvalue weighted by atomic mass is 9.86. The van der Waals surface area contributed by atoms with Gasteiger partial charge in [0.2, 0.25) is 0 Å². The van der Waals surface area contributed by atoms with Gasteiger partial charge in [-0.15, -0.1) is 0 Å². The van der Waals surface area contributed by atoms with Crippen LogP contribution in [-0.2, 0) is 0 Å². The summed E-state index contributed by atoms with van der Waals surface area (Å²) in [5.74, 6) is 0. The predicted octanol–water partition coefficient (Wildman–Crippen LogP) is 10.7. The normalized spacial score (nSPS) is 12.3. The van der Waals surface area contributed by atoms with E-state index in [2.05, 4.69) is 152 Å². The third kappa shape index (κ3) is 3.98. The molecule has 0 heterocycles. The van der Waals surface area contributed by atoms with Crippen molar-refractivity contribution < 1.29 is 0 Å². The van der Waals surface area contributed by atoms with Gasteiger partial charge < -0.3 is 5.73 Å². The van der Waals surface area contributed by atoms with Crippen LogP contribution in [0.25, 0.3) is 65.3 Å². The molecule has 8 aromatic carbocycles. The molecule has 0 aliphatic carbocycles. The largest absolute Gasteiger partial charge is 0.320 e. The van der Waals surface area contributed by atoms with E-state index in [1.54, 1.807) is 0 Å². The maximum atomic E-state index is 6.79. The maximum Gasteiger partial charge on any atom is 0.0551 e.